The SMILES string of the molecule is Cc1ccc(S(=O)(=O)Nc2ccccc2C(=O)Nc2ccccc2C(=O)N[C@@H](C)c2ccccc2)cc1. The third kappa shape index (κ3) is 6.23. The van der Waals surface area contributed by atoms with Gasteiger partial charge in [0.15, 0.2) is 0 Å². The molecule has 8 heteroatoms. The smallest absolute Gasteiger partial charge is 0.261 e. The number of sulfonamides is 1. The van der Waals surface area contributed by atoms with Crippen LogP contribution in [0.15, 0.2) is 108 Å². The van der Waals surface area contributed by atoms with E-state index >= 15 is 0 Å². The van der Waals surface area contributed by atoms with E-state index in [-0.39, 0.29) is 33.7 Å². The normalized spacial score (nSPS) is 11.8. The molecule has 4 aromatic carbocycles. The zero-order valence-corrected chi connectivity index (χ0v) is 21.3. The molecule has 4 aromatic rings. The van der Waals surface area contributed by atoms with Gasteiger partial charge in [0.2, 0.25) is 0 Å². The van der Waals surface area contributed by atoms with Crippen molar-refractivity contribution >= 4 is 33.2 Å². The number of carbonyl (C=O) groups is 2. The maximum Gasteiger partial charge on any atom is 0.261 e. The maximum absolute atomic E-state index is 13.2. The van der Waals surface area contributed by atoms with E-state index in [0.29, 0.717) is 5.69 Å². The van der Waals surface area contributed by atoms with Crippen molar-refractivity contribution in [1.29, 1.82) is 0 Å². The zero-order valence-electron chi connectivity index (χ0n) is 20.4. The van der Waals surface area contributed by atoms with Crippen molar-refractivity contribution in [2.75, 3.05) is 10.0 Å². The molecule has 37 heavy (non-hydrogen) atoms. The lowest BCUT2D eigenvalue weighted by Gasteiger charge is -2.17. The van der Waals surface area contributed by atoms with Gasteiger partial charge in [0.05, 0.1) is 33.4 Å². The Balaban J connectivity index is 1.54. The molecule has 1 atom stereocenters. The Kier molecular flexibility index (Phi) is 7.69. The molecule has 3 N–H and O–H groups in total. The van der Waals surface area contributed by atoms with E-state index in [4.69, 9.17) is 0 Å². The van der Waals surface area contributed by atoms with Crippen molar-refractivity contribution in [2.24, 2.45) is 0 Å². The molecular weight excluding hydrogens is 486 g/mol. The summed E-state index contributed by atoms with van der Waals surface area (Å²) >= 11 is 0. The third-order valence-corrected chi connectivity index (χ3v) is 7.20. The first-order valence-electron chi connectivity index (χ1n) is 11.7. The fraction of sp³-hybridized carbons (Fsp3) is 0.103. The van der Waals surface area contributed by atoms with E-state index < -0.39 is 15.9 Å². The van der Waals surface area contributed by atoms with E-state index in [1.165, 1.54) is 24.3 Å². The highest BCUT2D eigenvalue weighted by atomic mass is 32.2. The summed E-state index contributed by atoms with van der Waals surface area (Å²) in [6, 6.07) is 28.7. The molecule has 0 saturated carbocycles. The molecule has 0 heterocycles. The van der Waals surface area contributed by atoms with E-state index in [0.717, 1.165) is 11.1 Å². The Morgan fingerprint density at radius 2 is 1.22 bits per heavy atom. The molecule has 2 amide bonds. The largest absolute Gasteiger partial charge is 0.345 e. The lowest BCUT2D eigenvalue weighted by atomic mass is 10.1. The Labute approximate surface area is 216 Å². The fourth-order valence-corrected chi connectivity index (χ4v) is 4.85. The van der Waals surface area contributed by atoms with Gasteiger partial charge in [-0.05, 0) is 55.8 Å². The van der Waals surface area contributed by atoms with Crippen LogP contribution < -0.4 is 15.4 Å². The van der Waals surface area contributed by atoms with E-state index in [2.05, 4.69) is 15.4 Å². The van der Waals surface area contributed by atoms with Crippen molar-refractivity contribution in [1.82, 2.24) is 5.32 Å². The third-order valence-electron chi connectivity index (χ3n) is 5.81. The molecule has 0 aromatic heterocycles. The molecule has 0 bridgehead atoms. The van der Waals surface area contributed by atoms with Crippen molar-refractivity contribution < 1.29 is 18.0 Å². The van der Waals surface area contributed by atoms with E-state index in [9.17, 15) is 18.0 Å². The first-order chi connectivity index (χ1) is 17.7. The standard InChI is InChI=1S/C29H27N3O4S/c1-20-16-18-23(19-17-20)37(35,36)32-27-15-9-7-13-25(27)29(34)31-26-14-8-6-12-24(26)28(33)30-21(2)22-10-4-3-5-11-22/h3-19,21,32H,1-2H3,(H,30,33)(H,31,34)/t21-/m0/s1. The molecule has 0 aliphatic carbocycles. The van der Waals surface area contributed by atoms with E-state index in [1.807, 2.05) is 44.2 Å². The molecule has 0 radical (unpaired) electrons. The first kappa shape index (κ1) is 25.7. The molecule has 0 fully saturated rings. The van der Waals surface area contributed by atoms with Crippen molar-refractivity contribution in [2.45, 2.75) is 24.8 Å². The van der Waals surface area contributed by atoms with Crippen LogP contribution in [0.3, 0.4) is 0 Å². The summed E-state index contributed by atoms with van der Waals surface area (Å²) in [5.41, 5.74) is 2.72. The average Bonchev–Trinajstić information content (AvgIpc) is 2.89. The summed E-state index contributed by atoms with van der Waals surface area (Å²) in [4.78, 5) is 26.4. The zero-order chi connectivity index (χ0) is 26.4. The van der Waals surface area contributed by atoms with Gasteiger partial charge in [-0.1, -0.05) is 72.3 Å². The lowest BCUT2D eigenvalue weighted by Crippen LogP contribution is -2.28. The van der Waals surface area contributed by atoms with Gasteiger partial charge in [0.25, 0.3) is 21.8 Å². The summed E-state index contributed by atoms with van der Waals surface area (Å²) < 4.78 is 28.3. The fourth-order valence-electron chi connectivity index (χ4n) is 3.77. The van der Waals surface area contributed by atoms with Crippen LogP contribution in [0, 0.1) is 6.92 Å². The molecule has 0 unspecified atom stereocenters. The van der Waals surface area contributed by atoms with Gasteiger partial charge in [-0.25, -0.2) is 8.42 Å². The number of rotatable bonds is 8. The highest BCUT2D eigenvalue weighted by molar-refractivity contribution is 7.92. The second kappa shape index (κ2) is 11.1. The van der Waals surface area contributed by atoms with Gasteiger partial charge in [-0.15, -0.1) is 0 Å². The molecule has 0 aliphatic rings. The maximum atomic E-state index is 13.2. The minimum Gasteiger partial charge on any atom is -0.345 e. The molecular formula is C29H27N3O4S. The van der Waals surface area contributed by atoms with Gasteiger partial charge < -0.3 is 10.6 Å². The number of carbonyl (C=O) groups excluding carboxylic acids is 2. The van der Waals surface area contributed by atoms with Crippen molar-refractivity contribution in [3.05, 3.63) is 125 Å². The van der Waals surface area contributed by atoms with Crippen LogP contribution >= 0.6 is 0 Å². The van der Waals surface area contributed by atoms with Crippen LogP contribution in [-0.4, -0.2) is 20.2 Å². The summed E-state index contributed by atoms with van der Waals surface area (Å²) in [6.07, 6.45) is 0. The predicted molar refractivity (Wildman–Crippen MR) is 145 cm³/mol. The van der Waals surface area contributed by atoms with Crippen LogP contribution in [0.5, 0.6) is 0 Å². The molecule has 4 rings (SSSR count). The number of amides is 2. The van der Waals surface area contributed by atoms with Crippen LogP contribution in [0.25, 0.3) is 0 Å². The van der Waals surface area contributed by atoms with Crippen molar-refractivity contribution in [3.63, 3.8) is 0 Å². The van der Waals surface area contributed by atoms with Gasteiger partial charge in [-0.3, -0.25) is 14.3 Å². The van der Waals surface area contributed by atoms with Gasteiger partial charge in [0.1, 0.15) is 0 Å². The van der Waals surface area contributed by atoms with Crippen LogP contribution in [0.2, 0.25) is 0 Å². The highest BCUT2D eigenvalue weighted by Gasteiger charge is 2.21. The Morgan fingerprint density at radius 3 is 1.86 bits per heavy atom. The monoisotopic (exact) mass is 513 g/mol. The summed E-state index contributed by atoms with van der Waals surface area (Å²) in [5.74, 6) is -0.904. The first-order valence-corrected chi connectivity index (χ1v) is 13.2. The second-order valence-corrected chi connectivity index (χ2v) is 10.3. The number of para-hydroxylation sites is 2. The predicted octanol–water partition coefficient (Wildman–Crippen LogP) is 5.54. The van der Waals surface area contributed by atoms with Crippen molar-refractivity contribution in [3.8, 4) is 0 Å². The highest BCUT2D eigenvalue weighted by Crippen LogP contribution is 2.23. The van der Waals surface area contributed by atoms with Crippen LogP contribution in [0.1, 0.15) is 44.8 Å². The number of hydrogen-bond acceptors (Lipinski definition) is 4. The van der Waals surface area contributed by atoms with E-state index in [1.54, 1.807) is 48.5 Å². The number of aryl methyl sites for hydroxylation is 1. The molecule has 0 saturated heterocycles. The van der Waals surface area contributed by atoms with Gasteiger partial charge in [0, 0.05) is 0 Å². The number of hydrogen-bond donors (Lipinski definition) is 3. The van der Waals surface area contributed by atoms with Gasteiger partial charge >= 0.3 is 0 Å². The number of benzene rings is 4. The Morgan fingerprint density at radius 1 is 0.676 bits per heavy atom. The Bertz CT molecular complexity index is 1520. The molecule has 0 aliphatic heterocycles. The van der Waals surface area contributed by atoms with Crippen LogP contribution in [-0.2, 0) is 10.0 Å². The molecule has 7 nitrogen and oxygen atoms in total. The molecule has 0 spiro atoms. The second-order valence-electron chi connectivity index (χ2n) is 8.57. The summed E-state index contributed by atoms with van der Waals surface area (Å²) in [6.45, 7) is 3.74. The summed E-state index contributed by atoms with van der Waals surface area (Å²) in [5, 5.41) is 5.71. The van der Waals surface area contributed by atoms with Gasteiger partial charge in [-0.2, -0.15) is 0 Å². The minimum atomic E-state index is -3.91. The summed E-state index contributed by atoms with van der Waals surface area (Å²) in [7, 11) is -3.91. The number of nitrogens with one attached hydrogen (secondary N) is 3. The number of anilines is 2. The minimum absolute atomic E-state index is 0.0860. The molecule has 188 valence electrons. The Hall–Kier alpha value is -4.43. The lowest BCUT2D eigenvalue weighted by molar-refractivity contribution is 0.0940. The average molecular weight is 514 g/mol. The topological polar surface area (TPSA) is 104 Å². The van der Waals surface area contributed by atoms with Crippen LogP contribution in [0.4, 0.5) is 11.4 Å². The quantitative estimate of drug-likeness (QED) is 0.288.